The van der Waals surface area contributed by atoms with Crippen molar-refractivity contribution in [2.45, 2.75) is 404 Å². The number of quaternary nitrogens is 1. The van der Waals surface area contributed by atoms with Gasteiger partial charge in [-0.2, -0.15) is 9.97 Å². The number of fused-ring (bicyclic) bond motifs is 2. The summed E-state index contributed by atoms with van der Waals surface area (Å²) in [6.07, 6.45) is 22.6. The van der Waals surface area contributed by atoms with Crippen molar-refractivity contribution in [1.29, 1.82) is 0 Å². The lowest BCUT2D eigenvalue weighted by Crippen LogP contribution is -2.72. The lowest BCUT2D eigenvalue weighted by molar-refractivity contribution is -0.870. The third-order valence-corrected chi connectivity index (χ3v) is 25.0. The van der Waals surface area contributed by atoms with Crippen LogP contribution < -0.4 is 16.0 Å². The van der Waals surface area contributed by atoms with Crippen molar-refractivity contribution < 1.29 is 28.3 Å². The minimum Gasteiger partial charge on any atom is -0.436 e. The number of rotatable bonds is 46. The van der Waals surface area contributed by atoms with Crippen molar-refractivity contribution in [1.82, 2.24) is 45.2 Å². The SMILES string of the molecule is C.CC(C)CCC1CC(CCC(C)C)C(O)C(NC(=O)CCC[N+](C)(C)C)(C(C)C)C1O.CC(C)CCCc1cc(C(C)C)nc(NCCC(C)C)n1.CC(C)CCCc1nc(NCCC(C)C)nc(C(C)C)n1.CC(C)CCc1cccc(-c2nc3c(CCC(C)C)cc(C(C)C)cc3o2)c1.CC(C)CCc1cccc(-c2nc3c(CCC(C)C)cc(C(C)C)cc3o2)n1. The van der Waals surface area contributed by atoms with E-state index in [1.807, 2.05) is 19.9 Å². The number of aliphatic hydroxyl groups is 2. The van der Waals surface area contributed by atoms with E-state index in [2.05, 4.69) is 323 Å². The molecule has 5 heterocycles. The standard InChI is InChI=1S/C26H52N2O3.C26H35NO.C25H34N2O.C18H33N3.C17H32N4.CH4/c1-18(2)12-14-21-17-22(15-13-19(3)4)25(31)26(20(5)6,24(21)30)27-23(29)11-10-16-28(7,8)9;1-17(2)10-12-20-8-7-9-22(14-20)26-27-25-21(13-11-18(3)4)15-23(19(5)6)16-24(25)28-26;1-16(2)10-12-19-14-20(18(5)6)15-23-24(19)27-25(28-23)22-9-7-8-21(26-22)13-11-17(3)4;1-13(2)8-7-9-16-12-17(15(5)6)21-18(20-16)19-11-10-14(3)4;1-12(2)8-7-9-15-19-16(14(5)6)21-17(20-15)18-11-10-13(3)4;/h18-22,24-25,30-31H,10-17H2,1-9H3;7-9,14-19H,10-13H2,1-6H3;7-9,14-18H,10-13H2,1-6H3;12-15H,7-11H2,1-6H3,(H,19,20,21);12-14H,7-11H2,1-6H3,(H,18,19,20,21);1H4/p+1. The third kappa shape index (κ3) is 41.3. The van der Waals surface area contributed by atoms with E-state index in [0.717, 1.165) is 219 Å². The molecule has 0 radical (unpaired) electrons. The molecule has 4 atom stereocenters. The number of amides is 1. The van der Waals surface area contributed by atoms with Gasteiger partial charge in [0, 0.05) is 60.9 Å². The molecule has 3 aromatic carbocycles. The minimum atomic E-state index is -0.977. The number of nitrogens with one attached hydrogen (secondary N) is 3. The summed E-state index contributed by atoms with van der Waals surface area (Å²) in [6.45, 7) is 69.4. The second kappa shape index (κ2) is 57.5. The quantitative estimate of drug-likeness (QED) is 0.0224. The highest BCUT2D eigenvalue weighted by Gasteiger charge is 2.56. The molecule has 0 bridgehead atoms. The largest absolute Gasteiger partial charge is 0.436 e. The zero-order chi connectivity index (χ0) is 96.2. The Labute approximate surface area is 793 Å². The molecule has 9 rings (SSSR count). The maximum Gasteiger partial charge on any atom is 0.246 e. The molecule has 0 saturated heterocycles. The first kappa shape index (κ1) is 115. The summed E-state index contributed by atoms with van der Waals surface area (Å²) >= 11 is 0. The molecule has 1 fully saturated rings. The Morgan fingerprint density at radius 2 is 0.892 bits per heavy atom. The highest BCUT2D eigenvalue weighted by atomic mass is 16.4. The van der Waals surface area contributed by atoms with Crippen molar-refractivity contribution in [2.24, 2.45) is 76.9 Å². The van der Waals surface area contributed by atoms with Crippen LogP contribution in [0.25, 0.3) is 45.2 Å². The fourth-order valence-corrected chi connectivity index (χ4v) is 16.4. The van der Waals surface area contributed by atoms with Gasteiger partial charge in [-0.1, -0.05) is 271 Å². The Morgan fingerprint density at radius 3 is 1.36 bits per heavy atom. The summed E-state index contributed by atoms with van der Waals surface area (Å²) in [5, 5.41) is 33.1. The number of aromatic nitrogens is 8. The Kier molecular flexibility index (Phi) is 50.9. The van der Waals surface area contributed by atoms with E-state index < -0.39 is 17.7 Å². The Hall–Kier alpha value is -7.21. The molecule has 130 heavy (non-hydrogen) atoms. The summed E-state index contributed by atoms with van der Waals surface area (Å²) in [6, 6.07) is 26.0. The average molecular weight is 1800 g/mol. The number of anilines is 2. The van der Waals surface area contributed by atoms with Gasteiger partial charge >= 0.3 is 0 Å². The number of carbonyl (C=O) groups excluding carboxylic acids is 1. The van der Waals surface area contributed by atoms with Gasteiger partial charge in [-0.3, -0.25) is 4.79 Å². The number of aryl methyl sites for hydroxylation is 6. The van der Waals surface area contributed by atoms with Crippen LogP contribution in [0.3, 0.4) is 0 Å². The number of oxazole rings is 2. The minimum absolute atomic E-state index is 0. The number of pyridine rings is 1. The maximum atomic E-state index is 13.0. The first-order chi connectivity index (χ1) is 60.6. The second-order valence-corrected chi connectivity index (χ2v) is 44.8. The Bertz CT molecular complexity index is 4160. The summed E-state index contributed by atoms with van der Waals surface area (Å²) in [5.41, 5.74) is 14.8. The summed E-state index contributed by atoms with van der Waals surface area (Å²) in [7, 11) is 6.38. The smallest absolute Gasteiger partial charge is 0.246 e. The van der Waals surface area contributed by atoms with Gasteiger partial charge in [-0.25, -0.2) is 29.9 Å². The topological polar surface area (TPSA) is 223 Å². The molecule has 1 aliphatic carbocycles. The lowest BCUT2D eigenvalue weighted by Gasteiger charge is -2.55. The second-order valence-electron chi connectivity index (χ2n) is 44.8. The Balaban J connectivity index is 0.000000342. The third-order valence-electron chi connectivity index (χ3n) is 25.0. The van der Waals surface area contributed by atoms with Gasteiger partial charge in [0.15, 0.2) is 11.2 Å². The molecule has 1 saturated carbocycles. The lowest BCUT2D eigenvalue weighted by atomic mass is 9.60. The Morgan fingerprint density at radius 1 is 0.431 bits per heavy atom. The molecule has 1 aliphatic rings. The summed E-state index contributed by atoms with van der Waals surface area (Å²) < 4.78 is 13.3. The number of hydrogen-bond acceptors (Lipinski definition) is 15. The normalized spacial score (nSPS) is 16.0. The highest BCUT2D eigenvalue weighted by molar-refractivity contribution is 5.82. The monoisotopic (exact) mass is 1800 g/mol. The maximum absolute atomic E-state index is 13.0. The van der Waals surface area contributed by atoms with Gasteiger partial charge in [0.05, 0.1) is 45.4 Å². The first-order valence-electron chi connectivity index (χ1n) is 51.1. The van der Waals surface area contributed by atoms with Crippen molar-refractivity contribution in [3.05, 3.63) is 129 Å². The van der Waals surface area contributed by atoms with Gasteiger partial charge in [0.25, 0.3) is 0 Å². The van der Waals surface area contributed by atoms with Crippen LogP contribution >= 0.6 is 0 Å². The molecule has 0 spiro atoms. The molecule has 0 aliphatic heterocycles. The van der Waals surface area contributed by atoms with Gasteiger partial charge in [0.2, 0.25) is 29.6 Å². The predicted octanol–water partition coefficient (Wildman–Crippen LogP) is 29.3. The van der Waals surface area contributed by atoms with E-state index in [4.69, 9.17) is 23.8 Å². The average Bonchev–Trinajstić information content (AvgIpc) is 1.12. The van der Waals surface area contributed by atoms with Gasteiger partial charge in [0.1, 0.15) is 28.4 Å². The van der Waals surface area contributed by atoms with Gasteiger partial charge in [-0.15, -0.1) is 0 Å². The molecule has 732 valence electrons. The van der Waals surface area contributed by atoms with Crippen LogP contribution in [0, 0.1) is 76.9 Å². The highest BCUT2D eigenvalue weighted by Crippen LogP contribution is 2.46. The number of benzene rings is 3. The van der Waals surface area contributed by atoms with Gasteiger partial charge < -0.3 is 39.5 Å². The zero-order valence-electron chi connectivity index (χ0n) is 87.9. The van der Waals surface area contributed by atoms with E-state index in [0.29, 0.717) is 83.3 Å². The van der Waals surface area contributed by atoms with E-state index in [1.54, 1.807) is 0 Å². The summed E-state index contributed by atoms with van der Waals surface area (Å²) in [4.78, 5) is 50.7. The van der Waals surface area contributed by atoms with Crippen LogP contribution in [-0.2, 0) is 43.3 Å². The number of carbonyl (C=O) groups is 1. The fraction of sp³-hybridized carbons (Fsp3) is 0.708. The summed E-state index contributed by atoms with van der Waals surface area (Å²) in [5.74, 6) is 13.4. The zero-order valence-corrected chi connectivity index (χ0v) is 87.9. The number of hydrogen-bond donors (Lipinski definition) is 5. The van der Waals surface area contributed by atoms with E-state index in [1.165, 1.54) is 65.6 Å². The van der Waals surface area contributed by atoms with Crippen molar-refractivity contribution >= 4 is 40.0 Å². The van der Waals surface area contributed by atoms with Gasteiger partial charge in [-0.05, 0) is 268 Å². The molecule has 8 aromatic rings. The number of nitrogens with zero attached hydrogens (tertiary/aromatic N) is 9. The molecule has 4 unspecified atom stereocenters. The van der Waals surface area contributed by atoms with E-state index >= 15 is 0 Å². The van der Waals surface area contributed by atoms with Crippen molar-refractivity contribution in [3.8, 4) is 23.0 Å². The predicted molar refractivity (Wildman–Crippen MR) is 555 cm³/mol. The van der Waals surface area contributed by atoms with Crippen LogP contribution in [0.5, 0.6) is 0 Å². The molecule has 5 aromatic heterocycles. The fourth-order valence-electron chi connectivity index (χ4n) is 16.4. The van der Waals surface area contributed by atoms with Crippen LogP contribution in [0.1, 0.15) is 405 Å². The van der Waals surface area contributed by atoms with Crippen molar-refractivity contribution in [3.63, 3.8) is 0 Å². The van der Waals surface area contributed by atoms with E-state index in [-0.39, 0.29) is 31.1 Å². The molecule has 17 nitrogen and oxygen atoms in total. The molecular formula is C113H191N12O5+. The van der Waals surface area contributed by atoms with E-state index in [9.17, 15) is 15.0 Å². The van der Waals surface area contributed by atoms with Crippen LogP contribution in [-0.4, -0.2) is 119 Å². The number of aliphatic hydroxyl groups excluding tert-OH is 2. The van der Waals surface area contributed by atoms with Crippen LogP contribution in [0.15, 0.2) is 81.6 Å². The molecule has 1 amide bonds. The molecule has 17 heteroatoms. The first-order valence-corrected chi connectivity index (χ1v) is 51.1. The molecular weight excluding hydrogens is 1610 g/mol. The van der Waals surface area contributed by atoms with Crippen LogP contribution in [0.2, 0.25) is 0 Å². The molecule has 5 N–H and O–H groups in total. The van der Waals surface area contributed by atoms with Crippen molar-refractivity contribution in [2.75, 3.05) is 51.4 Å². The van der Waals surface area contributed by atoms with Crippen LogP contribution in [0.4, 0.5) is 11.9 Å².